The Morgan fingerprint density at radius 3 is 3.00 bits per heavy atom. The molecule has 0 radical (unpaired) electrons. The predicted octanol–water partition coefficient (Wildman–Crippen LogP) is 2.75. The summed E-state index contributed by atoms with van der Waals surface area (Å²) in [6.45, 7) is 1.78. The minimum atomic E-state index is -0.335. The van der Waals surface area contributed by atoms with Crippen molar-refractivity contribution in [1.82, 2.24) is 5.32 Å². The van der Waals surface area contributed by atoms with Crippen LogP contribution in [0.15, 0.2) is 18.2 Å². The molecule has 0 bridgehead atoms. The van der Waals surface area contributed by atoms with Crippen LogP contribution in [0.3, 0.4) is 0 Å². The highest BCUT2D eigenvalue weighted by molar-refractivity contribution is 14.1. The summed E-state index contributed by atoms with van der Waals surface area (Å²) in [6, 6.07) is 5.67. The van der Waals surface area contributed by atoms with Crippen LogP contribution in [0.2, 0.25) is 0 Å². The van der Waals surface area contributed by atoms with E-state index in [0.717, 1.165) is 23.1 Å². The Morgan fingerprint density at radius 1 is 1.50 bits per heavy atom. The molecule has 1 fully saturated rings. The second-order valence-corrected chi connectivity index (χ2v) is 5.69. The summed E-state index contributed by atoms with van der Waals surface area (Å²) < 4.78 is 0.876. The lowest BCUT2D eigenvalue weighted by molar-refractivity contribution is -0.384. The fraction of sp³-hybridized carbons (Fsp3) is 0.500. The molecule has 2 rings (SSSR count). The van der Waals surface area contributed by atoms with E-state index in [-0.39, 0.29) is 10.6 Å². The van der Waals surface area contributed by atoms with Gasteiger partial charge in [-0.2, -0.15) is 0 Å². The summed E-state index contributed by atoms with van der Waals surface area (Å²) in [6.07, 6.45) is 3.58. The molecule has 98 valence electrons. The summed E-state index contributed by atoms with van der Waals surface area (Å²) in [5.41, 5.74) is 0.755. The van der Waals surface area contributed by atoms with Gasteiger partial charge in [0, 0.05) is 22.2 Å². The average Bonchev–Trinajstić information content (AvgIpc) is 2.38. The first-order valence-electron chi connectivity index (χ1n) is 6.08. The molecule has 1 aromatic rings. The Kier molecular flexibility index (Phi) is 4.76. The van der Waals surface area contributed by atoms with E-state index in [2.05, 4.69) is 33.2 Å². The van der Waals surface area contributed by atoms with Gasteiger partial charge in [0.1, 0.15) is 5.69 Å². The zero-order valence-electron chi connectivity index (χ0n) is 9.99. The minimum Gasteiger partial charge on any atom is -0.378 e. The fourth-order valence-corrected chi connectivity index (χ4v) is 2.61. The van der Waals surface area contributed by atoms with Crippen LogP contribution < -0.4 is 10.6 Å². The van der Waals surface area contributed by atoms with Crippen LogP contribution >= 0.6 is 22.6 Å². The third-order valence-electron chi connectivity index (χ3n) is 3.11. The Hall–Kier alpha value is -0.890. The molecule has 1 atom stereocenters. The van der Waals surface area contributed by atoms with E-state index in [1.165, 1.54) is 12.8 Å². The van der Waals surface area contributed by atoms with Gasteiger partial charge in [0.15, 0.2) is 0 Å². The van der Waals surface area contributed by atoms with Gasteiger partial charge in [-0.15, -0.1) is 0 Å². The Morgan fingerprint density at radius 2 is 2.33 bits per heavy atom. The monoisotopic (exact) mass is 361 g/mol. The van der Waals surface area contributed by atoms with Crippen LogP contribution in [-0.2, 0) is 0 Å². The molecule has 1 aliphatic rings. The van der Waals surface area contributed by atoms with Crippen molar-refractivity contribution in [2.45, 2.75) is 25.3 Å². The molecule has 0 aromatic heterocycles. The molecule has 18 heavy (non-hydrogen) atoms. The number of halogens is 1. The van der Waals surface area contributed by atoms with Crippen LogP contribution in [0, 0.1) is 13.7 Å². The van der Waals surface area contributed by atoms with Gasteiger partial charge in [-0.05, 0) is 54.1 Å². The second-order valence-electron chi connectivity index (χ2n) is 4.45. The molecule has 0 saturated carbocycles. The Labute approximate surface area is 120 Å². The maximum atomic E-state index is 11.0. The number of rotatable bonds is 4. The Balaban J connectivity index is 2.01. The number of nitrogens with one attached hydrogen (secondary N) is 2. The summed E-state index contributed by atoms with van der Waals surface area (Å²) in [7, 11) is 0. The lowest BCUT2D eigenvalue weighted by Gasteiger charge is -2.24. The summed E-state index contributed by atoms with van der Waals surface area (Å²) in [4.78, 5) is 10.6. The number of nitro groups is 1. The lowest BCUT2D eigenvalue weighted by atomic mass is 10.1. The summed E-state index contributed by atoms with van der Waals surface area (Å²) in [5.74, 6) is 0. The molecule has 1 unspecified atom stereocenters. The number of piperidine rings is 1. The van der Waals surface area contributed by atoms with E-state index < -0.39 is 0 Å². The zero-order valence-corrected chi connectivity index (χ0v) is 12.1. The third-order valence-corrected chi connectivity index (χ3v) is 3.78. The molecule has 5 nitrogen and oxygen atoms in total. The van der Waals surface area contributed by atoms with Gasteiger partial charge in [0.05, 0.1) is 4.92 Å². The summed E-state index contributed by atoms with van der Waals surface area (Å²) >= 11 is 2.08. The van der Waals surface area contributed by atoms with E-state index in [4.69, 9.17) is 0 Å². The first-order valence-corrected chi connectivity index (χ1v) is 7.16. The zero-order chi connectivity index (χ0) is 13.0. The molecule has 1 saturated heterocycles. The van der Waals surface area contributed by atoms with Gasteiger partial charge in [0.2, 0.25) is 0 Å². The standard InChI is InChI=1S/C12H16IN3O2/c13-9-4-5-11(12(7-9)16(17)18)15-8-10-3-1-2-6-14-10/h4-5,7,10,14-15H,1-3,6,8H2. The van der Waals surface area contributed by atoms with Crippen molar-refractivity contribution in [2.24, 2.45) is 0 Å². The fourth-order valence-electron chi connectivity index (χ4n) is 2.14. The number of benzene rings is 1. The average molecular weight is 361 g/mol. The second kappa shape index (κ2) is 6.33. The quantitative estimate of drug-likeness (QED) is 0.492. The molecule has 0 amide bonds. The smallest absolute Gasteiger partial charge is 0.293 e. The van der Waals surface area contributed by atoms with Gasteiger partial charge in [-0.25, -0.2) is 0 Å². The maximum Gasteiger partial charge on any atom is 0.293 e. The van der Waals surface area contributed by atoms with Gasteiger partial charge >= 0.3 is 0 Å². The molecular weight excluding hydrogens is 345 g/mol. The van der Waals surface area contributed by atoms with Crippen molar-refractivity contribution < 1.29 is 4.92 Å². The molecule has 0 spiro atoms. The topological polar surface area (TPSA) is 67.2 Å². The molecule has 1 aromatic carbocycles. The highest BCUT2D eigenvalue weighted by Gasteiger charge is 2.16. The number of hydrogen-bond donors (Lipinski definition) is 2. The van der Waals surface area contributed by atoms with Crippen LogP contribution in [0.4, 0.5) is 11.4 Å². The van der Waals surface area contributed by atoms with Crippen LogP contribution in [-0.4, -0.2) is 24.1 Å². The normalized spacial score (nSPS) is 19.5. The van der Waals surface area contributed by atoms with Crippen molar-refractivity contribution >= 4 is 34.0 Å². The van der Waals surface area contributed by atoms with Gasteiger partial charge in [-0.3, -0.25) is 10.1 Å². The van der Waals surface area contributed by atoms with Crippen LogP contribution in [0.25, 0.3) is 0 Å². The number of nitro benzene ring substituents is 1. The predicted molar refractivity (Wildman–Crippen MR) is 79.9 cm³/mol. The minimum absolute atomic E-state index is 0.151. The van der Waals surface area contributed by atoms with E-state index in [0.29, 0.717) is 11.7 Å². The SMILES string of the molecule is O=[N+]([O-])c1cc(I)ccc1NCC1CCCCN1. The van der Waals surface area contributed by atoms with Crippen molar-refractivity contribution in [3.05, 3.63) is 31.9 Å². The van der Waals surface area contributed by atoms with E-state index in [1.54, 1.807) is 12.1 Å². The van der Waals surface area contributed by atoms with Crippen molar-refractivity contribution in [3.63, 3.8) is 0 Å². The van der Waals surface area contributed by atoms with Crippen LogP contribution in [0.5, 0.6) is 0 Å². The molecule has 6 heteroatoms. The largest absolute Gasteiger partial charge is 0.378 e. The lowest BCUT2D eigenvalue weighted by Crippen LogP contribution is -2.39. The first-order chi connectivity index (χ1) is 8.66. The van der Waals surface area contributed by atoms with Crippen molar-refractivity contribution in [2.75, 3.05) is 18.4 Å². The molecule has 0 aliphatic carbocycles. The maximum absolute atomic E-state index is 11.0. The number of nitrogens with zero attached hydrogens (tertiary/aromatic N) is 1. The van der Waals surface area contributed by atoms with E-state index in [1.807, 2.05) is 6.07 Å². The van der Waals surface area contributed by atoms with E-state index >= 15 is 0 Å². The molecule has 1 aliphatic heterocycles. The molecule has 1 heterocycles. The van der Waals surface area contributed by atoms with Crippen LogP contribution in [0.1, 0.15) is 19.3 Å². The van der Waals surface area contributed by atoms with Crippen molar-refractivity contribution in [3.8, 4) is 0 Å². The highest BCUT2D eigenvalue weighted by Crippen LogP contribution is 2.26. The van der Waals surface area contributed by atoms with Gasteiger partial charge < -0.3 is 10.6 Å². The third kappa shape index (κ3) is 3.55. The highest BCUT2D eigenvalue weighted by atomic mass is 127. The summed E-state index contributed by atoms with van der Waals surface area (Å²) in [5, 5.41) is 17.6. The van der Waals surface area contributed by atoms with Crippen molar-refractivity contribution in [1.29, 1.82) is 0 Å². The van der Waals surface area contributed by atoms with Gasteiger partial charge in [0.25, 0.3) is 5.69 Å². The molecule has 2 N–H and O–H groups in total. The number of anilines is 1. The molecular formula is C12H16IN3O2. The number of hydrogen-bond acceptors (Lipinski definition) is 4. The van der Waals surface area contributed by atoms with Gasteiger partial charge in [-0.1, -0.05) is 6.42 Å². The Bertz CT molecular complexity index is 433. The first kappa shape index (κ1) is 13.5. The van der Waals surface area contributed by atoms with E-state index in [9.17, 15) is 10.1 Å².